The molecule has 6 heteroatoms. The molecule has 0 unspecified atom stereocenters. The summed E-state index contributed by atoms with van der Waals surface area (Å²) in [6, 6.07) is 6.59. The van der Waals surface area contributed by atoms with Crippen LogP contribution < -0.4 is 11.2 Å². The maximum absolute atomic E-state index is 12.7. The number of benzene rings is 1. The molecule has 2 aromatic rings. The van der Waals surface area contributed by atoms with Crippen LogP contribution in [0.15, 0.2) is 46.1 Å². The molecule has 0 atom stereocenters. The van der Waals surface area contributed by atoms with Crippen molar-refractivity contribution < 1.29 is 9.18 Å². The van der Waals surface area contributed by atoms with Gasteiger partial charge < -0.3 is 4.57 Å². The smallest absolute Gasteiger partial charge is 0.301 e. The first-order chi connectivity index (χ1) is 9.56. The van der Waals surface area contributed by atoms with Crippen LogP contribution in [-0.2, 0) is 6.54 Å². The van der Waals surface area contributed by atoms with Crippen molar-refractivity contribution in [1.29, 1.82) is 0 Å². The fourth-order valence-corrected chi connectivity index (χ4v) is 1.81. The maximum atomic E-state index is 12.7. The fourth-order valence-electron chi connectivity index (χ4n) is 1.81. The van der Waals surface area contributed by atoms with Gasteiger partial charge in [0.05, 0.1) is 0 Å². The average Bonchev–Trinajstić information content (AvgIpc) is 2.42. The lowest BCUT2D eigenvalue weighted by molar-refractivity contribution is 0.0978. The monoisotopic (exact) mass is 276 g/mol. The number of carbonyl (C=O) groups excluding carboxylic acids is 1. The summed E-state index contributed by atoms with van der Waals surface area (Å²) in [7, 11) is 0. The number of aromatic amines is 1. The number of nitrogens with one attached hydrogen (secondary N) is 1. The lowest BCUT2D eigenvalue weighted by Crippen LogP contribution is -2.28. The number of aryl methyl sites for hydroxylation is 1. The number of nitrogens with zero attached hydrogens (tertiary/aromatic N) is 1. The van der Waals surface area contributed by atoms with E-state index in [1.54, 1.807) is 0 Å². The van der Waals surface area contributed by atoms with Crippen molar-refractivity contribution in [3.8, 4) is 0 Å². The van der Waals surface area contributed by atoms with Crippen LogP contribution in [0.2, 0.25) is 0 Å². The molecule has 0 aliphatic carbocycles. The Hall–Kier alpha value is -2.50. The Morgan fingerprint density at radius 1 is 1.15 bits per heavy atom. The molecule has 5 nitrogen and oxygen atoms in total. The summed E-state index contributed by atoms with van der Waals surface area (Å²) in [5.74, 6) is -0.496. The molecule has 1 aromatic carbocycles. The minimum Gasteiger partial charge on any atom is -0.301 e. The Morgan fingerprint density at radius 3 is 2.50 bits per heavy atom. The van der Waals surface area contributed by atoms with Gasteiger partial charge in [-0.2, -0.15) is 0 Å². The first kappa shape index (κ1) is 13.9. The SMILES string of the molecule is O=C(CCCn1ccc(=O)[nH]c1=O)c1ccc(F)cc1. The molecule has 0 aliphatic heterocycles. The van der Waals surface area contributed by atoms with E-state index in [0.717, 1.165) is 0 Å². The molecule has 104 valence electrons. The Morgan fingerprint density at radius 2 is 1.85 bits per heavy atom. The molecular weight excluding hydrogens is 263 g/mol. The van der Waals surface area contributed by atoms with E-state index in [1.807, 2.05) is 0 Å². The van der Waals surface area contributed by atoms with Crippen molar-refractivity contribution >= 4 is 5.78 Å². The van der Waals surface area contributed by atoms with Crippen LogP contribution >= 0.6 is 0 Å². The molecule has 0 saturated carbocycles. The second-order valence-electron chi connectivity index (χ2n) is 4.34. The zero-order valence-corrected chi connectivity index (χ0v) is 10.6. The predicted octanol–water partition coefficient (Wildman–Crippen LogP) is 1.34. The van der Waals surface area contributed by atoms with Crippen LogP contribution in [0.3, 0.4) is 0 Å². The van der Waals surface area contributed by atoms with Gasteiger partial charge in [-0.25, -0.2) is 9.18 Å². The fraction of sp³-hybridized carbons (Fsp3) is 0.214. The van der Waals surface area contributed by atoms with Gasteiger partial charge in [0.15, 0.2) is 5.78 Å². The van der Waals surface area contributed by atoms with Crippen molar-refractivity contribution in [3.63, 3.8) is 0 Å². The highest BCUT2D eigenvalue weighted by Crippen LogP contribution is 2.07. The number of halogens is 1. The molecule has 1 heterocycles. The van der Waals surface area contributed by atoms with Gasteiger partial charge in [0.2, 0.25) is 0 Å². The van der Waals surface area contributed by atoms with Gasteiger partial charge in [0.1, 0.15) is 5.82 Å². The molecule has 2 rings (SSSR count). The number of hydrogen-bond acceptors (Lipinski definition) is 3. The van der Waals surface area contributed by atoms with Crippen LogP contribution in [0.25, 0.3) is 0 Å². The van der Waals surface area contributed by atoms with Gasteiger partial charge in [-0.05, 0) is 30.7 Å². The third-order valence-electron chi connectivity index (χ3n) is 2.87. The lowest BCUT2D eigenvalue weighted by Gasteiger charge is -2.04. The average molecular weight is 276 g/mol. The Balaban J connectivity index is 1.92. The van der Waals surface area contributed by atoms with Crippen LogP contribution in [0.4, 0.5) is 4.39 Å². The molecule has 0 aliphatic rings. The molecule has 0 amide bonds. The Bertz CT molecular complexity index is 716. The van der Waals surface area contributed by atoms with E-state index in [0.29, 0.717) is 18.5 Å². The summed E-state index contributed by atoms with van der Waals surface area (Å²) in [5, 5.41) is 0. The summed E-state index contributed by atoms with van der Waals surface area (Å²) in [4.78, 5) is 36.2. The quantitative estimate of drug-likeness (QED) is 0.838. The lowest BCUT2D eigenvalue weighted by atomic mass is 10.1. The third kappa shape index (κ3) is 3.50. The largest absolute Gasteiger partial charge is 0.328 e. The molecular formula is C14H13FN2O3. The maximum Gasteiger partial charge on any atom is 0.328 e. The summed E-state index contributed by atoms with van der Waals surface area (Å²) in [5.41, 5.74) is -0.499. The Labute approximate surface area is 113 Å². The van der Waals surface area contributed by atoms with Gasteiger partial charge in [-0.1, -0.05) is 0 Å². The zero-order valence-electron chi connectivity index (χ0n) is 10.6. The predicted molar refractivity (Wildman–Crippen MR) is 71.3 cm³/mol. The second kappa shape index (κ2) is 6.10. The minimum absolute atomic E-state index is 0.109. The third-order valence-corrected chi connectivity index (χ3v) is 2.87. The highest BCUT2D eigenvalue weighted by atomic mass is 19.1. The van der Waals surface area contributed by atoms with E-state index in [2.05, 4.69) is 4.98 Å². The first-order valence-electron chi connectivity index (χ1n) is 6.15. The van der Waals surface area contributed by atoms with E-state index in [1.165, 1.54) is 41.1 Å². The van der Waals surface area contributed by atoms with Crippen LogP contribution in [0.5, 0.6) is 0 Å². The molecule has 20 heavy (non-hydrogen) atoms. The van der Waals surface area contributed by atoms with Gasteiger partial charge in [-0.15, -0.1) is 0 Å². The van der Waals surface area contributed by atoms with E-state index in [-0.39, 0.29) is 18.0 Å². The van der Waals surface area contributed by atoms with Crippen molar-refractivity contribution in [2.45, 2.75) is 19.4 Å². The summed E-state index contributed by atoms with van der Waals surface area (Å²) < 4.78 is 14.1. The minimum atomic E-state index is -0.494. The van der Waals surface area contributed by atoms with Crippen molar-refractivity contribution in [2.24, 2.45) is 0 Å². The summed E-state index contributed by atoms with van der Waals surface area (Å²) >= 11 is 0. The molecule has 0 saturated heterocycles. The zero-order chi connectivity index (χ0) is 14.5. The number of aromatic nitrogens is 2. The molecule has 0 bridgehead atoms. The number of rotatable bonds is 5. The van der Waals surface area contributed by atoms with Gasteiger partial charge in [-0.3, -0.25) is 14.6 Å². The van der Waals surface area contributed by atoms with Gasteiger partial charge in [0, 0.05) is 30.8 Å². The van der Waals surface area contributed by atoms with Crippen molar-refractivity contribution in [3.05, 3.63) is 68.7 Å². The standard InChI is InChI=1S/C14H13FN2O3/c15-11-5-3-10(4-6-11)12(18)2-1-8-17-9-7-13(19)16-14(17)20/h3-7,9H,1-2,8H2,(H,16,19,20). The number of ketones is 1. The summed E-state index contributed by atoms with van der Waals surface area (Å²) in [6.45, 7) is 0.336. The summed E-state index contributed by atoms with van der Waals surface area (Å²) in [6.07, 6.45) is 2.10. The number of H-pyrrole nitrogens is 1. The molecule has 0 spiro atoms. The van der Waals surface area contributed by atoms with E-state index < -0.39 is 11.2 Å². The van der Waals surface area contributed by atoms with Crippen molar-refractivity contribution in [2.75, 3.05) is 0 Å². The van der Waals surface area contributed by atoms with Crippen LogP contribution in [-0.4, -0.2) is 15.3 Å². The van der Waals surface area contributed by atoms with E-state index in [4.69, 9.17) is 0 Å². The molecule has 0 radical (unpaired) electrons. The number of carbonyl (C=O) groups is 1. The topological polar surface area (TPSA) is 71.9 Å². The number of Topliss-reactive ketones (excluding diaryl/α,β-unsaturated/α-hetero) is 1. The van der Waals surface area contributed by atoms with Gasteiger partial charge in [0.25, 0.3) is 5.56 Å². The van der Waals surface area contributed by atoms with Crippen LogP contribution in [0.1, 0.15) is 23.2 Å². The highest BCUT2D eigenvalue weighted by molar-refractivity contribution is 5.95. The number of hydrogen-bond donors (Lipinski definition) is 1. The van der Waals surface area contributed by atoms with E-state index >= 15 is 0 Å². The van der Waals surface area contributed by atoms with Crippen molar-refractivity contribution in [1.82, 2.24) is 9.55 Å². The normalized spacial score (nSPS) is 10.4. The first-order valence-corrected chi connectivity index (χ1v) is 6.15. The Kier molecular flexibility index (Phi) is 4.24. The second-order valence-corrected chi connectivity index (χ2v) is 4.34. The molecule has 1 aromatic heterocycles. The highest BCUT2D eigenvalue weighted by Gasteiger charge is 2.06. The van der Waals surface area contributed by atoms with Gasteiger partial charge >= 0.3 is 5.69 Å². The van der Waals surface area contributed by atoms with Crippen LogP contribution in [0, 0.1) is 5.82 Å². The molecule has 0 fully saturated rings. The molecule has 1 N–H and O–H groups in total. The van der Waals surface area contributed by atoms with E-state index in [9.17, 15) is 18.8 Å².